The molecule has 0 bridgehead atoms. The molecule has 0 aliphatic rings. The molecular weight excluding hydrogens is 290 g/mol. The molecule has 106 valence electrons. The lowest BCUT2D eigenvalue weighted by atomic mass is 10.1. The predicted molar refractivity (Wildman–Crippen MR) is 84.8 cm³/mol. The predicted octanol–water partition coefficient (Wildman–Crippen LogP) is 3.72. The Bertz CT molecular complexity index is 569. The van der Waals surface area contributed by atoms with Gasteiger partial charge in [0.15, 0.2) is 10.1 Å². The molecule has 2 rings (SSSR count). The molecule has 1 heterocycles. The SMILES string of the molecule is CC(C)Nc1nnc(S[C@@H](C)C(=O)c2ccccc2)s1. The van der Waals surface area contributed by atoms with Gasteiger partial charge in [0.2, 0.25) is 5.13 Å². The minimum absolute atomic E-state index is 0.115. The van der Waals surface area contributed by atoms with E-state index in [2.05, 4.69) is 29.4 Å². The minimum Gasteiger partial charge on any atom is -0.358 e. The highest BCUT2D eigenvalue weighted by Crippen LogP contribution is 2.30. The fraction of sp³-hybridized carbons (Fsp3) is 0.357. The van der Waals surface area contributed by atoms with Gasteiger partial charge in [-0.1, -0.05) is 53.4 Å². The van der Waals surface area contributed by atoms with Gasteiger partial charge in [0, 0.05) is 11.6 Å². The van der Waals surface area contributed by atoms with Gasteiger partial charge in [-0.25, -0.2) is 0 Å². The average Bonchev–Trinajstić information content (AvgIpc) is 2.85. The van der Waals surface area contributed by atoms with Crippen molar-refractivity contribution in [2.75, 3.05) is 5.32 Å². The van der Waals surface area contributed by atoms with Crippen LogP contribution in [0, 0.1) is 0 Å². The van der Waals surface area contributed by atoms with Crippen LogP contribution in [0.1, 0.15) is 31.1 Å². The zero-order valence-electron chi connectivity index (χ0n) is 11.7. The second-order valence-electron chi connectivity index (χ2n) is 4.66. The second-order valence-corrected chi connectivity index (χ2v) is 7.23. The summed E-state index contributed by atoms with van der Waals surface area (Å²) < 4.78 is 0.810. The summed E-state index contributed by atoms with van der Waals surface area (Å²) in [6, 6.07) is 9.66. The molecule has 0 aliphatic carbocycles. The number of nitrogens with one attached hydrogen (secondary N) is 1. The maximum Gasteiger partial charge on any atom is 0.206 e. The van der Waals surface area contributed by atoms with Crippen molar-refractivity contribution in [2.24, 2.45) is 0 Å². The minimum atomic E-state index is -0.169. The first-order valence-corrected chi connectivity index (χ1v) is 8.12. The molecule has 4 nitrogen and oxygen atoms in total. The molecule has 20 heavy (non-hydrogen) atoms. The van der Waals surface area contributed by atoms with E-state index in [0.29, 0.717) is 6.04 Å². The Labute approximate surface area is 127 Å². The van der Waals surface area contributed by atoms with Crippen LogP contribution in [0.15, 0.2) is 34.7 Å². The number of Topliss-reactive ketones (excluding diaryl/α,β-unsaturated/α-hetero) is 1. The molecule has 0 fully saturated rings. The summed E-state index contributed by atoms with van der Waals surface area (Å²) in [5.74, 6) is 0.115. The third-order valence-electron chi connectivity index (χ3n) is 2.52. The summed E-state index contributed by atoms with van der Waals surface area (Å²) in [6.45, 7) is 6.00. The number of ketones is 1. The Morgan fingerprint density at radius 1 is 1.20 bits per heavy atom. The summed E-state index contributed by atoms with van der Waals surface area (Å²) in [5, 5.41) is 12.0. The monoisotopic (exact) mass is 307 g/mol. The van der Waals surface area contributed by atoms with Gasteiger partial charge < -0.3 is 5.32 Å². The summed E-state index contributed by atoms with van der Waals surface area (Å²) in [6.07, 6.45) is 0. The summed E-state index contributed by atoms with van der Waals surface area (Å²) >= 11 is 2.93. The highest BCUT2D eigenvalue weighted by molar-refractivity contribution is 8.02. The zero-order valence-corrected chi connectivity index (χ0v) is 13.3. The number of carbonyl (C=O) groups excluding carboxylic acids is 1. The quantitative estimate of drug-likeness (QED) is 0.651. The van der Waals surface area contributed by atoms with Gasteiger partial charge in [-0.2, -0.15) is 0 Å². The first-order valence-electron chi connectivity index (χ1n) is 6.42. The number of rotatable bonds is 6. The number of aromatic nitrogens is 2. The number of hydrogen-bond acceptors (Lipinski definition) is 6. The maximum atomic E-state index is 12.3. The number of hydrogen-bond donors (Lipinski definition) is 1. The molecule has 1 atom stereocenters. The van der Waals surface area contributed by atoms with Gasteiger partial charge in [0.25, 0.3) is 0 Å². The Hall–Kier alpha value is -1.40. The van der Waals surface area contributed by atoms with E-state index in [1.807, 2.05) is 37.3 Å². The maximum absolute atomic E-state index is 12.3. The van der Waals surface area contributed by atoms with Crippen LogP contribution < -0.4 is 5.32 Å². The fourth-order valence-corrected chi connectivity index (χ4v) is 3.72. The van der Waals surface area contributed by atoms with E-state index in [1.54, 1.807) is 0 Å². The standard InChI is InChI=1S/C14H17N3OS2/c1-9(2)15-13-16-17-14(20-13)19-10(3)12(18)11-7-5-4-6-8-11/h4-10H,1-3H3,(H,15,16)/t10-/m0/s1. The highest BCUT2D eigenvalue weighted by Gasteiger charge is 2.18. The van der Waals surface area contributed by atoms with Crippen molar-refractivity contribution in [1.29, 1.82) is 0 Å². The third kappa shape index (κ3) is 4.05. The van der Waals surface area contributed by atoms with Gasteiger partial charge in [-0.3, -0.25) is 4.79 Å². The first-order chi connectivity index (χ1) is 9.56. The van der Waals surface area contributed by atoms with E-state index in [1.165, 1.54) is 23.1 Å². The fourth-order valence-electron chi connectivity index (χ4n) is 1.60. The van der Waals surface area contributed by atoms with Crippen molar-refractivity contribution in [3.8, 4) is 0 Å². The van der Waals surface area contributed by atoms with Crippen LogP contribution in [0.25, 0.3) is 0 Å². The summed E-state index contributed by atoms with van der Waals surface area (Å²) in [5.41, 5.74) is 0.734. The van der Waals surface area contributed by atoms with Crippen LogP contribution >= 0.6 is 23.1 Å². The second kappa shape index (κ2) is 6.85. The van der Waals surface area contributed by atoms with Gasteiger partial charge in [0.05, 0.1) is 5.25 Å². The Morgan fingerprint density at radius 3 is 2.55 bits per heavy atom. The molecule has 6 heteroatoms. The normalized spacial score (nSPS) is 12.4. The van der Waals surface area contributed by atoms with Crippen LogP contribution in [0.2, 0.25) is 0 Å². The highest BCUT2D eigenvalue weighted by atomic mass is 32.2. The molecule has 0 saturated heterocycles. The van der Waals surface area contributed by atoms with E-state index in [9.17, 15) is 4.79 Å². The first kappa shape index (κ1) is 15.0. The largest absolute Gasteiger partial charge is 0.358 e. The number of thioether (sulfide) groups is 1. The molecule has 0 radical (unpaired) electrons. The number of nitrogens with zero attached hydrogens (tertiary/aromatic N) is 2. The Balaban J connectivity index is 1.99. The van der Waals surface area contributed by atoms with E-state index in [4.69, 9.17) is 0 Å². The molecule has 1 aromatic carbocycles. The van der Waals surface area contributed by atoms with E-state index in [-0.39, 0.29) is 11.0 Å². The van der Waals surface area contributed by atoms with Crippen molar-refractivity contribution >= 4 is 34.0 Å². The number of anilines is 1. The smallest absolute Gasteiger partial charge is 0.206 e. The lowest BCUT2D eigenvalue weighted by molar-refractivity contribution is 0.0994. The Kier molecular flexibility index (Phi) is 5.14. The van der Waals surface area contributed by atoms with Crippen molar-refractivity contribution in [1.82, 2.24) is 10.2 Å². The van der Waals surface area contributed by atoms with E-state index in [0.717, 1.165) is 15.0 Å². The van der Waals surface area contributed by atoms with E-state index < -0.39 is 0 Å². The van der Waals surface area contributed by atoms with Crippen molar-refractivity contribution in [2.45, 2.75) is 36.4 Å². The summed E-state index contributed by atoms with van der Waals surface area (Å²) in [7, 11) is 0. The molecule has 1 N–H and O–H groups in total. The van der Waals surface area contributed by atoms with Crippen LogP contribution in [-0.2, 0) is 0 Å². The third-order valence-corrected chi connectivity index (χ3v) is 4.56. The zero-order chi connectivity index (χ0) is 14.5. The van der Waals surface area contributed by atoms with E-state index >= 15 is 0 Å². The molecule has 0 amide bonds. The van der Waals surface area contributed by atoms with Crippen LogP contribution in [-0.4, -0.2) is 27.3 Å². The summed E-state index contributed by atoms with van der Waals surface area (Å²) in [4.78, 5) is 12.3. The molecule has 0 saturated carbocycles. The van der Waals surface area contributed by atoms with Crippen LogP contribution in [0.3, 0.4) is 0 Å². The molecule has 0 unspecified atom stereocenters. The topological polar surface area (TPSA) is 54.9 Å². The van der Waals surface area contributed by atoms with Gasteiger partial charge in [-0.05, 0) is 20.8 Å². The molecule has 0 spiro atoms. The lowest BCUT2D eigenvalue weighted by Crippen LogP contribution is -2.13. The van der Waals surface area contributed by atoms with Crippen LogP contribution in [0.5, 0.6) is 0 Å². The number of benzene rings is 1. The van der Waals surface area contributed by atoms with Crippen LogP contribution in [0.4, 0.5) is 5.13 Å². The molecular formula is C14H17N3OS2. The molecule has 2 aromatic rings. The van der Waals surface area contributed by atoms with Gasteiger partial charge in [0.1, 0.15) is 0 Å². The average molecular weight is 307 g/mol. The van der Waals surface area contributed by atoms with Crippen molar-refractivity contribution in [3.63, 3.8) is 0 Å². The van der Waals surface area contributed by atoms with Crippen molar-refractivity contribution < 1.29 is 4.79 Å². The lowest BCUT2D eigenvalue weighted by Gasteiger charge is -2.07. The van der Waals surface area contributed by atoms with Crippen molar-refractivity contribution in [3.05, 3.63) is 35.9 Å². The van der Waals surface area contributed by atoms with Gasteiger partial charge >= 0.3 is 0 Å². The molecule has 0 aliphatic heterocycles. The molecule has 1 aromatic heterocycles. The van der Waals surface area contributed by atoms with Gasteiger partial charge in [-0.15, -0.1) is 10.2 Å². The number of carbonyl (C=O) groups is 1. The Morgan fingerprint density at radius 2 is 1.90 bits per heavy atom.